The Morgan fingerprint density at radius 1 is 1.08 bits per heavy atom. The molecule has 3 aromatic rings. The lowest BCUT2D eigenvalue weighted by Gasteiger charge is -2.45. The van der Waals surface area contributed by atoms with Crippen molar-refractivity contribution in [2.75, 3.05) is 34.2 Å². The SMILES string of the molecule is CN(C)N(C)C(=O)C1(Cc2ccccc2)CCCN(C(=O)C(NC(=O)C(C)(C)N)c2c[nH]c3ccccc23)C1. The summed E-state index contributed by atoms with van der Waals surface area (Å²) in [4.78, 5) is 46.3. The summed E-state index contributed by atoms with van der Waals surface area (Å²) >= 11 is 0. The molecule has 1 aliphatic rings. The van der Waals surface area contributed by atoms with Crippen molar-refractivity contribution in [3.8, 4) is 0 Å². The van der Waals surface area contributed by atoms with Gasteiger partial charge in [-0.1, -0.05) is 48.5 Å². The van der Waals surface area contributed by atoms with Crippen LogP contribution in [-0.2, 0) is 20.8 Å². The standard InChI is InChI=1S/C30H40N6O3/c1-29(2,31)27(38)33-25(23-19-32-24-15-10-9-14-22(23)24)26(37)36-17-11-16-30(20-36,28(39)35(5)34(3)4)18-21-12-7-6-8-13-21/h6-10,12-15,19,25,32H,11,16-18,20,31H2,1-5H3,(H,33,38). The number of piperidine rings is 1. The molecule has 208 valence electrons. The van der Waals surface area contributed by atoms with Crippen molar-refractivity contribution in [3.63, 3.8) is 0 Å². The number of carbonyl (C=O) groups excluding carboxylic acids is 3. The summed E-state index contributed by atoms with van der Waals surface area (Å²) in [5, 5.41) is 7.14. The van der Waals surface area contributed by atoms with E-state index in [1.807, 2.05) is 68.7 Å². The number of aromatic nitrogens is 1. The highest BCUT2D eigenvalue weighted by atomic mass is 16.2. The number of H-pyrrole nitrogens is 1. The maximum absolute atomic E-state index is 14.3. The molecule has 0 spiro atoms. The molecule has 1 aliphatic heterocycles. The highest BCUT2D eigenvalue weighted by Gasteiger charge is 2.46. The lowest BCUT2D eigenvalue weighted by atomic mass is 9.74. The van der Waals surface area contributed by atoms with Crippen molar-refractivity contribution in [2.45, 2.75) is 44.7 Å². The zero-order chi connectivity index (χ0) is 28.4. The van der Waals surface area contributed by atoms with Crippen LogP contribution in [0.4, 0.5) is 0 Å². The van der Waals surface area contributed by atoms with Crippen molar-refractivity contribution in [2.24, 2.45) is 11.1 Å². The van der Waals surface area contributed by atoms with Crippen LogP contribution in [-0.4, -0.2) is 77.4 Å². The summed E-state index contributed by atoms with van der Waals surface area (Å²) in [6, 6.07) is 16.6. The second kappa shape index (κ2) is 11.2. The van der Waals surface area contributed by atoms with Crippen LogP contribution in [0.5, 0.6) is 0 Å². The minimum Gasteiger partial charge on any atom is -0.361 e. The molecule has 0 bridgehead atoms. The molecule has 2 aromatic carbocycles. The number of likely N-dealkylation sites (tertiary alicyclic amines) is 1. The summed E-state index contributed by atoms with van der Waals surface area (Å²) in [5.74, 6) is -0.721. The number of nitrogens with zero attached hydrogens (tertiary/aromatic N) is 3. The van der Waals surface area contributed by atoms with Crippen LogP contribution in [0.1, 0.15) is 43.9 Å². The highest BCUT2D eigenvalue weighted by Crippen LogP contribution is 2.37. The number of rotatable bonds is 8. The van der Waals surface area contributed by atoms with Gasteiger partial charge in [-0.05, 0) is 44.7 Å². The van der Waals surface area contributed by atoms with Gasteiger partial charge in [-0.2, -0.15) is 0 Å². The molecule has 2 heterocycles. The number of amides is 3. The molecular weight excluding hydrogens is 492 g/mol. The Morgan fingerprint density at radius 2 is 1.74 bits per heavy atom. The van der Waals surface area contributed by atoms with Crippen LogP contribution in [0.15, 0.2) is 60.8 Å². The molecule has 0 saturated carbocycles. The Hall–Kier alpha value is -3.69. The van der Waals surface area contributed by atoms with Crippen LogP contribution in [0.2, 0.25) is 0 Å². The predicted molar refractivity (Wildman–Crippen MR) is 152 cm³/mol. The average Bonchev–Trinajstić information content (AvgIpc) is 3.34. The Balaban J connectivity index is 1.72. The van der Waals surface area contributed by atoms with Gasteiger partial charge in [0.25, 0.3) is 0 Å². The molecule has 1 fully saturated rings. The molecule has 9 nitrogen and oxygen atoms in total. The first-order valence-electron chi connectivity index (χ1n) is 13.4. The normalized spacial score (nSPS) is 18.7. The number of nitrogens with one attached hydrogen (secondary N) is 2. The fourth-order valence-corrected chi connectivity index (χ4v) is 5.33. The minimum absolute atomic E-state index is 0.0374. The van der Waals surface area contributed by atoms with Crippen molar-refractivity contribution < 1.29 is 14.4 Å². The average molecular weight is 533 g/mol. The largest absolute Gasteiger partial charge is 0.361 e. The number of carbonyl (C=O) groups is 3. The van der Waals surface area contributed by atoms with Crippen LogP contribution in [0.25, 0.3) is 10.9 Å². The lowest BCUT2D eigenvalue weighted by molar-refractivity contribution is -0.159. The van der Waals surface area contributed by atoms with Gasteiger partial charge in [0.15, 0.2) is 0 Å². The molecule has 0 radical (unpaired) electrons. The minimum atomic E-state index is -1.17. The Bertz CT molecular complexity index is 1330. The number of fused-ring (bicyclic) bond motifs is 1. The maximum atomic E-state index is 14.3. The number of hydrazine groups is 1. The molecule has 4 rings (SSSR count). The van der Waals surface area contributed by atoms with E-state index in [1.165, 1.54) is 0 Å². The number of hydrogen-bond donors (Lipinski definition) is 3. The third kappa shape index (κ3) is 5.99. The highest BCUT2D eigenvalue weighted by molar-refractivity contribution is 5.96. The maximum Gasteiger partial charge on any atom is 0.249 e. The van der Waals surface area contributed by atoms with Crippen molar-refractivity contribution in [1.29, 1.82) is 0 Å². The van der Waals surface area contributed by atoms with Crippen LogP contribution in [0.3, 0.4) is 0 Å². The summed E-state index contributed by atoms with van der Waals surface area (Å²) in [6.45, 7) is 3.97. The van der Waals surface area contributed by atoms with Gasteiger partial charge in [0, 0.05) is 56.9 Å². The van der Waals surface area contributed by atoms with Gasteiger partial charge in [-0.3, -0.25) is 19.4 Å². The van der Waals surface area contributed by atoms with E-state index in [-0.39, 0.29) is 18.4 Å². The van der Waals surface area contributed by atoms with Gasteiger partial charge < -0.3 is 20.9 Å². The number of para-hydroxylation sites is 1. The van der Waals surface area contributed by atoms with E-state index >= 15 is 0 Å². The molecule has 2 unspecified atom stereocenters. The lowest BCUT2D eigenvalue weighted by Crippen LogP contribution is -2.59. The Morgan fingerprint density at radius 3 is 2.41 bits per heavy atom. The zero-order valence-electron chi connectivity index (χ0n) is 23.5. The first kappa shape index (κ1) is 28.3. The topological polar surface area (TPSA) is 115 Å². The van der Waals surface area contributed by atoms with E-state index in [0.29, 0.717) is 31.4 Å². The quantitative estimate of drug-likeness (QED) is 0.386. The first-order chi connectivity index (χ1) is 18.4. The van der Waals surface area contributed by atoms with Gasteiger partial charge in [0.2, 0.25) is 17.7 Å². The van der Waals surface area contributed by atoms with E-state index in [2.05, 4.69) is 10.3 Å². The molecule has 39 heavy (non-hydrogen) atoms. The third-order valence-corrected chi connectivity index (χ3v) is 7.66. The fourth-order valence-electron chi connectivity index (χ4n) is 5.33. The summed E-state index contributed by atoms with van der Waals surface area (Å²) < 4.78 is 0. The van der Waals surface area contributed by atoms with E-state index in [1.54, 1.807) is 42.0 Å². The van der Waals surface area contributed by atoms with E-state index in [0.717, 1.165) is 16.5 Å². The van der Waals surface area contributed by atoms with Gasteiger partial charge in [-0.25, -0.2) is 5.01 Å². The fraction of sp³-hybridized carbons (Fsp3) is 0.433. The van der Waals surface area contributed by atoms with Gasteiger partial charge in [-0.15, -0.1) is 0 Å². The van der Waals surface area contributed by atoms with Gasteiger partial charge in [0.1, 0.15) is 6.04 Å². The predicted octanol–water partition coefficient (Wildman–Crippen LogP) is 2.85. The van der Waals surface area contributed by atoms with Gasteiger partial charge in [0.05, 0.1) is 11.0 Å². The second-order valence-corrected chi connectivity index (χ2v) is 11.4. The number of hydrogen-bond acceptors (Lipinski definition) is 5. The third-order valence-electron chi connectivity index (χ3n) is 7.66. The number of benzene rings is 2. The zero-order valence-corrected chi connectivity index (χ0v) is 23.5. The molecular formula is C30H40N6O3. The molecule has 1 saturated heterocycles. The molecule has 4 N–H and O–H groups in total. The van der Waals surface area contributed by atoms with Gasteiger partial charge >= 0.3 is 0 Å². The molecule has 1 aromatic heterocycles. The first-order valence-corrected chi connectivity index (χ1v) is 13.4. The molecule has 9 heteroatoms. The Kier molecular flexibility index (Phi) is 8.13. The summed E-state index contributed by atoms with van der Waals surface area (Å²) in [5.41, 5.74) is 6.70. The second-order valence-electron chi connectivity index (χ2n) is 11.4. The van der Waals surface area contributed by atoms with Crippen molar-refractivity contribution >= 4 is 28.6 Å². The molecule has 3 amide bonds. The van der Waals surface area contributed by atoms with Crippen molar-refractivity contribution in [3.05, 3.63) is 71.9 Å². The summed E-state index contributed by atoms with van der Waals surface area (Å²) in [7, 11) is 5.42. The van der Waals surface area contributed by atoms with E-state index in [9.17, 15) is 14.4 Å². The monoisotopic (exact) mass is 532 g/mol. The van der Waals surface area contributed by atoms with Crippen LogP contribution >= 0.6 is 0 Å². The molecule has 0 aliphatic carbocycles. The van der Waals surface area contributed by atoms with Crippen molar-refractivity contribution in [1.82, 2.24) is 25.2 Å². The number of aromatic amines is 1. The summed E-state index contributed by atoms with van der Waals surface area (Å²) in [6.07, 6.45) is 3.60. The van der Waals surface area contributed by atoms with E-state index in [4.69, 9.17) is 5.73 Å². The smallest absolute Gasteiger partial charge is 0.249 e. The number of nitrogens with two attached hydrogens (primary N) is 1. The Labute approximate surface area is 230 Å². The van der Waals surface area contributed by atoms with Crippen LogP contribution < -0.4 is 11.1 Å². The van der Waals surface area contributed by atoms with Crippen LogP contribution in [0, 0.1) is 5.41 Å². The molecule has 2 atom stereocenters. The van der Waals surface area contributed by atoms with E-state index < -0.39 is 22.9 Å².